The van der Waals surface area contributed by atoms with Gasteiger partial charge in [-0.05, 0) is 38.3 Å². The Labute approximate surface area is 109 Å². The molecule has 0 aromatic carbocycles. The molecule has 1 N–H and O–H groups in total. The van der Waals surface area contributed by atoms with Crippen LogP contribution in [0.15, 0.2) is 0 Å². The minimum Gasteiger partial charge on any atom is -0.480 e. The summed E-state index contributed by atoms with van der Waals surface area (Å²) in [6.45, 7) is 5.01. The highest BCUT2D eigenvalue weighted by atomic mass is 32.2. The van der Waals surface area contributed by atoms with Gasteiger partial charge in [0.15, 0.2) is 0 Å². The minimum atomic E-state index is -2.94. The second-order valence-corrected chi connectivity index (χ2v) is 7.58. The third-order valence-corrected chi connectivity index (χ3v) is 5.39. The number of aliphatic carboxylic acids is 1. The number of carbonyl (C=O) groups is 1. The van der Waals surface area contributed by atoms with Crippen LogP contribution in [0, 0.1) is 5.92 Å². The molecule has 0 radical (unpaired) electrons. The van der Waals surface area contributed by atoms with Crippen LogP contribution in [0.4, 0.5) is 0 Å². The van der Waals surface area contributed by atoms with Crippen molar-refractivity contribution in [1.82, 2.24) is 4.90 Å². The van der Waals surface area contributed by atoms with Gasteiger partial charge in [0.25, 0.3) is 0 Å². The van der Waals surface area contributed by atoms with Crippen LogP contribution >= 0.6 is 0 Å². The Hall–Kier alpha value is -0.620. The lowest BCUT2D eigenvalue weighted by atomic mass is 9.92. The van der Waals surface area contributed by atoms with Gasteiger partial charge in [0, 0.05) is 5.75 Å². The predicted octanol–water partition coefficient (Wildman–Crippen LogP) is 0.996. The van der Waals surface area contributed by atoms with Crippen LogP contribution in [-0.2, 0) is 14.6 Å². The minimum absolute atomic E-state index is 0.155. The topological polar surface area (TPSA) is 74.7 Å². The van der Waals surface area contributed by atoms with Gasteiger partial charge in [0.2, 0.25) is 0 Å². The monoisotopic (exact) mass is 277 g/mol. The van der Waals surface area contributed by atoms with E-state index < -0.39 is 21.8 Å². The molecular weight excluding hydrogens is 254 g/mol. The molecule has 0 aromatic rings. The van der Waals surface area contributed by atoms with E-state index in [1.165, 1.54) is 0 Å². The molecule has 0 bridgehead atoms. The van der Waals surface area contributed by atoms with E-state index in [1.54, 1.807) is 6.92 Å². The standard InChI is InChI=1S/C12H23NO4S/c1-3-18(16,17)8-4-6-13-7-5-10(2)9-11(13)12(14)15/h10-11H,3-9H2,1-2H3,(H,14,15). The molecule has 0 amide bonds. The first-order valence-electron chi connectivity index (χ1n) is 6.53. The predicted molar refractivity (Wildman–Crippen MR) is 70.3 cm³/mol. The van der Waals surface area contributed by atoms with E-state index in [9.17, 15) is 18.3 Å². The quantitative estimate of drug-likeness (QED) is 0.784. The lowest BCUT2D eigenvalue weighted by Crippen LogP contribution is -2.47. The van der Waals surface area contributed by atoms with E-state index in [1.807, 2.05) is 4.90 Å². The van der Waals surface area contributed by atoms with Crippen molar-refractivity contribution in [3.8, 4) is 0 Å². The fourth-order valence-electron chi connectivity index (χ4n) is 2.35. The smallest absolute Gasteiger partial charge is 0.320 e. The van der Waals surface area contributed by atoms with Crippen molar-refractivity contribution in [1.29, 1.82) is 0 Å². The van der Waals surface area contributed by atoms with Crippen LogP contribution in [-0.4, -0.2) is 55.0 Å². The van der Waals surface area contributed by atoms with Gasteiger partial charge in [-0.2, -0.15) is 0 Å². The lowest BCUT2D eigenvalue weighted by Gasteiger charge is -2.35. The van der Waals surface area contributed by atoms with Gasteiger partial charge in [-0.15, -0.1) is 0 Å². The number of rotatable bonds is 6. The van der Waals surface area contributed by atoms with Gasteiger partial charge in [0.1, 0.15) is 15.9 Å². The SMILES string of the molecule is CCS(=O)(=O)CCCN1CCC(C)CC1C(=O)O. The summed E-state index contributed by atoms with van der Waals surface area (Å²) in [7, 11) is -2.94. The average Bonchev–Trinajstić information content (AvgIpc) is 2.30. The van der Waals surface area contributed by atoms with Crippen molar-refractivity contribution < 1.29 is 18.3 Å². The Morgan fingerprint density at radius 3 is 2.67 bits per heavy atom. The number of hydrogen-bond donors (Lipinski definition) is 1. The molecule has 1 aliphatic heterocycles. The Morgan fingerprint density at radius 2 is 2.11 bits per heavy atom. The molecule has 0 saturated carbocycles. The van der Waals surface area contributed by atoms with Gasteiger partial charge < -0.3 is 5.11 Å². The van der Waals surface area contributed by atoms with E-state index in [4.69, 9.17) is 0 Å². The fraction of sp³-hybridized carbons (Fsp3) is 0.917. The number of sulfone groups is 1. The summed E-state index contributed by atoms with van der Waals surface area (Å²) in [4.78, 5) is 13.1. The molecule has 5 nitrogen and oxygen atoms in total. The third-order valence-electron chi connectivity index (χ3n) is 3.60. The molecule has 1 aliphatic rings. The van der Waals surface area contributed by atoms with Crippen molar-refractivity contribution in [2.24, 2.45) is 5.92 Å². The van der Waals surface area contributed by atoms with Crippen LogP contribution in [0.2, 0.25) is 0 Å². The maximum Gasteiger partial charge on any atom is 0.320 e. The highest BCUT2D eigenvalue weighted by molar-refractivity contribution is 7.91. The summed E-state index contributed by atoms with van der Waals surface area (Å²) < 4.78 is 22.7. The fourth-order valence-corrected chi connectivity index (χ4v) is 3.20. The summed E-state index contributed by atoms with van der Waals surface area (Å²) in [5.41, 5.74) is 0. The van der Waals surface area contributed by atoms with Crippen LogP contribution in [0.1, 0.15) is 33.1 Å². The van der Waals surface area contributed by atoms with Gasteiger partial charge >= 0.3 is 5.97 Å². The number of piperidine rings is 1. The van der Waals surface area contributed by atoms with Crippen LogP contribution in [0.5, 0.6) is 0 Å². The van der Waals surface area contributed by atoms with Gasteiger partial charge in [-0.25, -0.2) is 8.42 Å². The third kappa shape index (κ3) is 4.57. The number of nitrogens with zero attached hydrogens (tertiary/aromatic N) is 1. The average molecular weight is 277 g/mol. The van der Waals surface area contributed by atoms with Crippen molar-refractivity contribution in [3.63, 3.8) is 0 Å². The molecule has 1 rings (SSSR count). The molecule has 1 fully saturated rings. The second kappa shape index (κ2) is 6.52. The summed E-state index contributed by atoms with van der Waals surface area (Å²) in [6.07, 6.45) is 2.18. The zero-order valence-corrected chi connectivity index (χ0v) is 11.9. The van der Waals surface area contributed by atoms with Crippen molar-refractivity contribution >= 4 is 15.8 Å². The van der Waals surface area contributed by atoms with E-state index in [0.717, 1.165) is 13.0 Å². The van der Waals surface area contributed by atoms with Crippen molar-refractivity contribution in [3.05, 3.63) is 0 Å². The zero-order chi connectivity index (χ0) is 13.8. The number of hydrogen-bond acceptors (Lipinski definition) is 4. The molecular formula is C12H23NO4S. The molecule has 18 heavy (non-hydrogen) atoms. The van der Waals surface area contributed by atoms with Crippen LogP contribution in [0.25, 0.3) is 0 Å². The molecule has 1 heterocycles. The number of likely N-dealkylation sites (tertiary alicyclic amines) is 1. The Bertz CT molecular complexity index is 380. The van der Waals surface area contributed by atoms with E-state index in [0.29, 0.717) is 25.3 Å². The molecule has 0 aliphatic carbocycles. The lowest BCUT2D eigenvalue weighted by molar-refractivity contribution is -0.145. The highest BCUT2D eigenvalue weighted by Gasteiger charge is 2.31. The summed E-state index contributed by atoms with van der Waals surface area (Å²) >= 11 is 0. The summed E-state index contributed by atoms with van der Waals surface area (Å²) in [6, 6.07) is -0.446. The van der Waals surface area contributed by atoms with Gasteiger partial charge in [0.05, 0.1) is 5.75 Å². The Morgan fingerprint density at radius 1 is 1.44 bits per heavy atom. The molecule has 106 valence electrons. The number of carboxylic acids is 1. The van der Waals surface area contributed by atoms with Gasteiger partial charge in [-0.3, -0.25) is 9.69 Å². The molecule has 1 saturated heterocycles. The molecule has 0 aromatic heterocycles. The first kappa shape index (κ1) is 15.4. The molecule has 0 spiro atoms. The summed E-state index contributed by atoms with van der Waals surface area (Å²) in [5.74, 6) is -0.0458. The van der Waals surface area contributed by atoms with Crippen LogP contribution in [0.3, 0.4) is 0 Å². The highest BCUT2D eigenvalue weighted by Crippen LogP contribution is 2.22. The normalized spacial score (nSPS) is 26.1. The zero-order valence-electron chi connectivity index (χ0n) is 11.1. The molecule has 6 heteroatoms. The van der Waals surface area contributed by atoms with E-state index in [2.05, 4.69) is 6.92 Å². The first-order chi connectivity index (χ1) is 8.35. The maximum atomic E-state index is 11.4. The van der Waals surface area contributed by atoms with Crippen molar-refractivity contribution in [2.75, 3.05) is 24.6 Å². The largest absolute Gasteiger partial charge is 0.480 e. The van der Waals surface area contributed by atoms with Crippen molar-refractivity contribution in [2.45, 2.75) is 39.2 Å². The number of carboxylic acid groups (broad SMARTS) is 1. The molecule has 2 unspecified atom stereocenters. The Kier molecular flexibility index (Phi) is 5.59. The maximum absolute atomic E-state index is 11.4. The Balaban J connectivity index is 2.47. The van der Waals surface area contributed by atoms with Crippen LogP contribution < -0.4 is 0 Å². The second-order valence-electron chi connectivity index (χ2n) is 5.11. The summed E-state index contributed by atoms with van der Waals surface area (Å²) in [5, 5.41) is 9.17. The van der Waals surface area contributed by atoms with E-state index >= 15 is 0 Å². The molecule has 2 atom stereocenters. The van der Waals surface area contributed by atoms with Gasteiger partial charge in [-0.1, -0.05) is 13.8 Å². The van der Waals surface area contributed by atoms with E-state index in [-0.39, 0.29) is 11.5 Å². The first-order valence-corrected chi connectivity index (χ1v) is 8.35.